The Morgan fingerprint density at radius 3 is 2.18 bits per heavy atom. The van der Waals surface area contributed by atoms with Crippen LogP contribution in [-0.2, 0) is 0 Å². The summed E-state index contributed by atoms with van der Waals surface area (Å²) < 4.78 is 0. The third-order valence-corrected chi connectivity index (χ3v) is 3.16. The zero-order valence-corrected chi connectivity index (χ0v) is 11.8. The summed E-state index contributed by atoms with van der Waals surface area (Å²) in [5.41, 5.74) is 4.78. The van der Waals surface area contributed by atoms with E-state index in [-0.39, 0.29) is 5.41 Å². The summed E-state index contributed by atoms with van der Waals surface area (Å²) in [6.07, 6.45) is 0. The van der Waals surface area contributed by atoms with Crippen LogP contribution in [0.1, 0.15) is 30.5 Å². The summed E-state index contributed by atoms with van der Waals surface area (Å²) in [6.45, 7) is 11.1. The smallest absolute Gasteiger partial charge is 0.0702 e. The van der Waals surface area contributed by atoms with Gasteiger partial charge < -0.3 is 4.90 Å². The molecule has 2 nitrogen and oxygen atoms in total. The SMILES string of the molecule is Cc1cc(C)c(N(C)CC(C)(C)C#N)cc1C. The number of aryl methyl sites for hydroxylation is 3. The van der Waals surface area contributed by atoms with E-state index in [2.05, 4.69) is 50.9 Å². The van der Waals surface area contributed by atoms with Gasteiger partial charge in [-0.2, -0.15) is 5.26 Å². The molecule has 0 fully saturated rings. The first-order valence-electron chi connectivity index (χ1n) is 5.97. The summed E-state index contributed by atoms with van der Waals surface area (Å²) in [4.78, 5) is 2.17. The van der Waals surface area contributed by atoms with Crippen LogP contribution in [0.25, 0.3) is 0 Å². The molecule has 1 rings (SSSR count). The summed E-state index contributed by atoms with van der Waals surface area (Å²) in [5.74, 6) is 0. The van der Waals surface area contributed by atoms with Gasteiger partial charge in [0, 0.05) is 19.3 Å². The molecule has 0 saturated carbocycles. The Hall–Kier alpha value is -1.49. The molecule has 0 bridgehead atoms. The number of nitriles is 1. The number of rotatable bonds is 3. The molecule has 0 N–H and O–H groups in total. The van der Waals surface area contributed by atoms with Gasteiger partial charge in [-0.1, -0.05) is 6.07 Å². The van der Waals surface area contributed by atoms with Gasteiger partial charge in [0.2, 0.25) is 0 Å². The molecule has 17 heavy (non-hydrogen) atoms. The molecule has 0 saturated heterocycles. The van der Waals surface area contributed by atoms with Crippen LogP contribution in [0, 0.1) is 37.5 Å². The third-order valence-electron chi connectivity index (χ3n) is 3.16. The molecular formula is C15H22N2. The van der Waals surface area contributed by atoms with Crippen LogP contribution < -0.4 is 4.90 Å². The summed E-state index contributed by atoms with van der Waals surface area (Å²) in [5, 5.41) is 9.08. The Balaban J connectivity index is 3.02. The molecule has 1 aromatic rings. The van der Waals surface area contributed by atoms with E-state index in [1.54, 1.807) is 0 Å². The number of hydrogen-bond acceptors (Lipinski definition) is 2. The largest absolute Gasteiger partial charge is 0.373 e. The summed E-state index contributed by atoms with van der Waals surface area (Å²) in [7, 11) is 2.05. The zero-order chi connectivity index (χ0) is 13.2. The van der Waals surface area contributed by atoms with E-state index in [0.29, 0.717) is 0 Å². The second-order valence-electron chi connectivity index (χ2n) is 5.57. The topological polar surface area (TPSA) is 27.0 Å². The average molecular weight is 230 g/mol. The molecule has 0 spiro atoms. The minimum atomic E-state index is -0.319. The first-order valence-corrected chi connectivity index (χ1v) is 5.97. The molecule has 0 aliphatic rings. The fourth-order valence-corrected chi connectivity index (χ4v) is 2.07. The van der Waals surface area contributed by atoms with E-state index in [0.717, 1.165) is 6.54 Å². The van der Waals surface area contributed by atoms with Crippen molar-refractivity contribution >= 4 is 5.69 Å². The van der Waals surface area contributed by atoms with Crippen LogP contribution >= 0.6 is 0 Å². The quantitative estimate of drug-likeness (QED) is 0.793. The highest BCUT2D eigenvalue weighted by Gasteiger charge is 2.20. The number of anilines is 1. The predicted octanol–water partition coefficient (Wildman–Crippen LogP) is 3.60. The molecule has 0 unspecified atom stereocenters. The Labute approximate surface area is 105 Å². The van der Waals surface area contributed by atoms with E-state index >= 15 is 0 Å². The van der Waals surface area contributed by atoms with Crippen molar-refractivity contribution in [3.63, 3.8) is 0 Å². The van der Waals surface area contributed by atoms with Gasteiger partial charge in [0.15, 0.2) is 0 Å². The monoisotopic (exact) mass is 230 g/mol. The lowest BCUT2D eigenvalue weighted by molar-refractivity contribution is 0.497. The van der Waals surface area contributed by atoms with Gasteiger partial charge >= 0.3 is 0 Å². The fraction of sp³-hybridized carbons (Fsp3) is 0.533. The maximum Gasteiger partial charge on any atom is 0.0702 e. The lowest BCUT2D eigenvalue weighted by Gasteiger charge is -2.28. The zero-order valence-electron chi connectivity index (χ0n) is 11.8. The number of nitrogens with zero attached hydrogens (tertiary/aromatic N) is 2. The molecule has 0 radical (unpaired) electrons. The van der Waals surface area contributed by atoms with Gasteiger partial charge in [0.1, 0.15) is 0 Å². The van der Waals surface area contributed by atoms with E-state index in [1.807, 2.05) is 13.8 Å². The third kappa shape index (κ3) is 3.23. The van der Waals surface area contributed by atoms with E-state index in [4.69, 9.17) is 5.26 Å². The van der Waals surface area contributed by atoms with Gasteiger partial charge in [0.25, 0.3) is 0 Å². The fourth-order valence-electron chi connectivity index (χ4n) is 2.07. The maximum absolute atomic E-state index is 9.08. The highest BCUT2D eigenvalue weighted by molar-refractivity contribution is 5.56. The molecule has 0 aliphatic heterocycles. The van der Waals surface area contributed by atoms with Gasteiger partial charge in [-0.25, -0.2) is 0 Å². The second-order valence-corrected chi connectivity index (χ2v) is 5.57. The molecular weight excluding hydrogens is 208 g/mol. The van der Waals surface area contributed by atoms with Crippen LogP contribution in [0.2, 0.25) is 0 Å². The standard InChI is InChI=1S/C15H22N2/c1-11-7-13(3)14(8-12(11)2)17(6)10-15(4,5)9-16/h7-8H,10H2,1-6H3. The Morgan fingerprint density at radius 2 is 1.65 bits per heavy atom. The predicted molar refractivity (Wildman–Crippen MR) is 73.3 cm³/mol. The van der Waals surface area contributed by atoms with E-state index in [1.165, 1.54) is 22.4 Å². The van der Waals surface area contributed by atoms with Crippen LogP contribution in [0.5, 0.6) is 0 Å². The van der Waals surface area contributed by atoms with Crippen molar-refractivity contribution in [1.82, 2.24) is 0 Å². The first-order chi connectivity index (χ1) is 7.76. The lowest BCUT2D eigenvalue weighted by atomic mass is 9.94. The lowest BCUT2D eigenvalue weighted by Crippen LogP contribution is -2.30. The first kappa shape index (κ1) is 13.6. The number of hydrogen-bond donors (Lipinski definition) is 0. The highest BCUT2D eigenvalue weighted by Crippen LogP contribution is 2.26. The molecule has 0 aromatic heterocycles. The maximum atomic E-state index is 9.08. The minimum absolute atomic E-state index is 0.319. The number of benzene rings is 1. The van der Waals surface area contributed by atoms with Crippen LogP contribution in [-0.4, -0.2) is 13.6 Å². The van der Waals surface area contributed by atoms with E-state index in [9.17, 15) is 0 Å². The molecule has 0 aliphatic carbocycles. The second kappa shape index (κ2) is 4.79. The molecule has 0 heterocycles. The van der Waals surface area contributed by atoms with Gasteiger partial charge in [-0.05, 0) is 57.4 Å². The van der Waals surface area contributed by atoms with Crippen molar-refractivity contribution in [3.8, 4) is 6.07 Å². The van der Waals surface area contributed by atoms with Crippen molar-refractivity contribution in [2.45, 2.75) is 34.6 Å². The van der Waals surface area contributed by atoms with Crippen molar-refractivity contribution in [1.29, 1.82) is 5.26 Å². The molecule has 2 heteroatoms. The van der Waals surface area contributed by atoms with Gasteiger partial charge in [-0.15, -0.1) is 0 Å². The minimum Gasteiger partial charge on any atom is -0.373 e. The summed E-state index contributed by atoms with van der Waals surface area (Å²) in [6, 6.07) is 6.76. The van der Waals surface area contributed by atoms with Gasteiger partial charge in [0.05, 0.1) is 11.5 Å². The average Bonchev–Trinajstić information content (AvgIpc) is 2.22. The van der Waals surface area contributed by atoms with E-state index < -0.39 is 0 Å². The van der Waals surface area contributed by atoms with Crippen molar-refractivity contribution < 1.29 is 0 Å². The molecule has 92 valence electrons. The summed E-state index contributed by atoms with van der Waals surface area (Å²) >= 11 is 0. The van der Waals surface area contributed by atoms with Crippen molar-refractivity contribution in [2.24, 2.45) is 5.41 Å². The molecule has 1 aromatic carbocycles. The Bertz CT molecular complexity index is 453. The van der Waals surface area contributed by atoms with Crippen molar-refractivity contribution in [3.05, 3.63) is 28.8 Å². The molecule has 0 amide bonds. The van der Waals surface area contributed by atoms with Crippen LogP contribution in [0.4, 0.5) is 5.69 Å². The Morgan fingerprint density at radius 1 is 1.12 bits per heavy atom. The van der Waals surface area contributed by atoms with Crippen molar-refractivity contribution in [2.75, 3.05) is 18.5 Å². The highest BCUT2D eigenvalue weighted by atomic mass is 15.1. The molecule has 0 atom stereocenters. The normalized spacial score (nSPS) is 11.1. The van der Waals surface area contributed by atoms with Gasteiger partial charge in [-0.3, -0.25) is 0 Å². The van der Waals surface area contributed by atoms with Crippen LogP contribution in [0.15, 0.2) is 12.1 Å². The Kier molecular flexibility index (Phi) is 3.83. The van der Waals surface area contributed by atoms with Crippen LogP contribution in [0.3, 0.4) is 0 Å².